The van der Waals surface area contributed by atoms with Gasteiger partial charge in [-0.05, 0) is 48.2 Å². The highest BCUT2D eigenvalue weighted by Gasteiger charge is 2.21. The molecule has 1 saturated heterocycles. The summed E-state index contributed by atoms with van der Waals surface area (Å²) in [5, 5.41) is 9.52. The normalized spacial score (nSPS) is 15.4. The molecule has 1 amide bonds. The lowest BCUT2D eigenvalue weighted by Crippen LogP contribution is -2.40. The third-order valence-corrected chi connectivity index (χ3v) is 5.93. The van der Waals surface area contributed by atoms with E-state index < -0.39 is 15.8 Å². The number of hydrogen-bond acceptors (Lipinski definition) is 4. The van der Waals surface area contributed by atoms with Crippen molar-refractivity contribution < 1.29 is 22.7 Å². The maximum absolute atomic E-state index is 12.9. The number of amides is 1. The van der Waals surface area contributed by atoms with Gasteiger partial charge in [-0.25, -0.2) is 12.8 Å². The highest BCUT2D eigenvalue weighted by Crippen LogP contribution is 2.16. The Morgan fingerprint density at radius 3 is 2.21 bits per heavy atom. The van der Waals surface area contributed by atoms with Gasteiger partial charge in [0.2, 0.25) is 15.9 Å². The van der Waals surface area contributed by atoms with E-state index in [1.165, 1.54) is 24.3 Å². The van der Waals surface area contributed by atoms with Crippen LogP contribution in [-0.4, -0.2) is 43.5 Å². The van der Waals surface area contributed by atoms with E-state index in [1.54, 1.807) is 29.2 Å². The van der Waals surface area contributed by atoms with E-state index in [9.17, 15) is 22.7 Å². The summed E-state index contributed by atoms with van der Waals surface area (Å²) in [5.74, 6) is -0.676. The van der Waals surface area contributed by atoms with Crippen LogP contribution in [0.2, 0.25) is 0 Å². The maximum Gasteiger partial charge on any atom is 0.236 e. The number of nitrogens with zero attached hydrogens (tertiary/aromatic N) is 1. The Kier molecular flexibility index (Phi) is 6.31. The van der Waals surface area contributed by atoms with Crippen LogP contribution >= 0.6 is 0 Å². The largest absolute Gasteiger partial charge is 0.393 e. The number of rotatable bonds is 6. The topological polar surface area (TPSA) is 86.7 Å². The summed E-state index contributed by atoms with van der Waals surface area (Å²) in [6, 6.07) is 12.0. The lowest BCUT2D eigenvalue weighted by Gasteiger charge is -2.29. The van der Waals surface area contributed by atoms with Gasteiger partial charge in [0.25, 0.3) is 0 Å². The Labute approximate surface area is 164 Å². The zero-order valence-electron chi connectivity index (χ0n) is 15.3. The number of aliphatic hydroxyl groups is 1. The Morgan fingerprint density at radius 2 is 1.61 bits per heavy atom. The summed E-state index contributed by atoms with van der Waals surface area (Å²) in [4.78, 5) is 14.1. The Morgan fingerprint density at radius 1 is 1.04 bits per heavy atom. The van der Waals surface area contributed by atoms with Crippen molar-refractivity contribution in [2.24, 2.45) is 0 Å². The number of anilines is 1. The lowest BCUT2D eigenvalue weighted by atomic mass is 10.1. The number of likely N-dealkylation sites (tertiary alicyclic amines) is 1. The SMILES string of the molecule is O=C(Cc1ccc(NS(=O)(=O)Cc2ccc(F)cc2)cc1)N1CCC(O)CC1. The van der Waals surface area contributed by atoms with Gasteiger partial charge in [0.05, 0.1) is 18.3 Å². The molecule has 2 N–H and O–H groups in total. The molecule has 0 aliphatic carbocycles. The Balaban J connectivity index is 1.56. The zero-order chi connectivity index (χ0) is 20.1. The molecule has 2 aromatic rings. The maximum atomic E-state index is 12.9. The van der Waals surface area contributed by atoms with Crippen LogP contribution in [0.4, 0.5) is 10.1 Å². The molecule has 0 unspecified atom stereocenters. The summed E-state index contributed by atoms with van der Waals surface area (Å²) >= 11 is 0. The molecule has 0 saturated carbocycles. The van der Waals surface area contributed by atoms with E-state index in [1.807, 2.05) is 0 Å². The van der Waals surface area contributed by atoms with E-state index in [0.29, 0.717) is 37.2 Å². The monoisotopic (exact) mass is 406 g/mol. The molecule has 28 heavy (non-hydrogen) atoms. The fourth-order valence-corrected chi connectivity index (χ4v) is 4.31. The standard InChI is InChI=1S/C20H23FN2O4S/c21-17-5-1-16(2-6-17)14-28(26,27)22-18-7-3-15(4-8-18)13-20(25)23-11-9-19(24)10-12-23/h1-8,19,22,24H,9-14H2. The lowest BCUT2D eigenvalue weighted by molar-refractivity contribution is -0.132. The molecule has 0 spiro atoms. The molecule has 1 heterocycles. The van der Waals surface area contributed by atoms with Crippen molar-refractivity contribution in [1.29, 1.82) is 0 Å². The molecule has 0 radical (unpaired) electrons. The number of carbonyl (C=O) groups excluding carboxylic acids is 1. The van der Waals surface area contributed by atoms with E-state index in [0.717, 1.165) is 5.56 Å². The van der Waals surface area contributed by atoms with E-state index in [2.05, 4.69) is 4.72 Å². The second-order valence-electron chi connectivity index (χ2n) is 6.97. The Hall–Kier alpha value is -2.45. The average Bonchev–Trinajstić information content (AvgIpc) is 2.65. The molecule has 1 aliphatic heterocycles. The van der Waals surface area contributed by atoms with Crippen LogP contribution in [0.3, 0.4) is 0 Å². The summed E-state index contributed by atoms with van der Waals surface area (Å²) < 4.78 is 39.9. The number of hydrogen-bond donors (Lipinski definition) is 2. The number of halogens is 1. The van der Waals surface area contributed by atoms with Crippen molar-refractivity contribution in [2.45, 2.75) is 31.1 Å². The van der Waals surface area contributed by atoms with Gasteiger partial charge in [-0.1, -0.05) is 24.3 Å². The van der Waals surface area contributed by atoms with Gasteiger partial charge < -0.3 is 10.0 Å². The molecular weight excluding hydrogens is 383 g/mol. The summed E-state index contributed by atoms with van der Waals surface area (Å²) in [6.07, 6.45) is 1.10. The van der Waals surface area contributed by atoms with Crippen molar-refractivity contribution in [1.82, 2.24) is 4.90 Å². The second-order valence-corrected chi connectivity index (χ2v) is 8.70. The summed E-state index contributed by atoms with van der Waals surface area (Å²) in [5.41, 5.74) is 1.68. The summed E-state index contributed by atoms with van der Waals surface area (Å²) in [6.45, 7) is 1.11. The molecule has 0 bridgehead atoms. The average molecular weight is 406 g/mol. The highest BCUT2D eigenvalue weighted by atomic mass is 32.2. The van der Waals surface area contributed by atoms with E-state index >= 15 is 0 Å². The number of aliphatic hydroxyl groups excluding tert-OH is 1. The van der Waals surface area contributed by atoms with E-state index in [-0.39, 0.29) is 24.2 Å². The van der Waals surface area contributed by atoms with Crippen LogP contribution in [-0.2, 0) is 27.0 Å². The quantitative estimate of drug-likeness (QED) is 0.771. The first-order valence-corrected chi connectivity index (χ1v) is 10.8. The van der Waals surface area contributed by atoms with Gasteiger partial charge in [-0.3, -0.25) is 9.52 Å². The minimum Gasteiger partial charge on any atom is -0.393 e. The number of carbonyl (C=O) groups is 1. The molecule has 6 nitrogen and oxygen atoms in total. The van der Waals surface area contributed by atoms with Crippen molar-refractivity contribution in [3.63, 3.8) is 0 Å². The molecule has 3 rings (SSSR count). The smallest absolute Gasteiger partial charge is 0.236 e. The van der Waals surface area contributed by atoms with Crippen LogP contribution in [0.15, 0.2) is 48.5 Å². The van der Waals surface area contributed by atoms with Crippen molar-refractivity contribution in [3.8, 4) is 0 Å². The van der Waals surface area contributed by atoms with Gasteiger partial charge in [-0.2, -0.15) is 0 Å². The fraction of sp³-hybridized carbons (Fsp3) is 0.350. The molecule has 150 valence electrons. The molecule has 1 aliphatic rings. The van der Waals surface area contributed by atoms with Crippen molar-refractivity contribution in [2.75, 3.05) is 17.8 Å². The zero-order valence-corrected chi connectivity index (χ0v) is 16.2. The predicted molar refractivity (Wildman–Crippen MR) is 105 cm³/mol. The van der Waals surface area contributed by atoms with Crippen LogP contribution in [0.25, 0.3) is 0 Å². The van der Waals surface area contributed by atoms with Crippen LogP contribution in [0, 0.1) is 5.82 Å². The minimum absolute atomic E-state index is 0.00320. The first-order chi connectivity index (χ1) is 13.3. The highest BCUT2D eigenvalue weighted by molar-refractivity contribution is 7.91. The van der Waals surface area contributed by atoms with E-state index in [4.69, 9.17) is 0 Å². The second kappa shape index (κ2) is 8.70. The number of benzene rings is 2. The van der Waals surface area contributed by atoms with Crippen LogP contribution in [0.5, 0.6) is 0 Å². The molecule has 1 fully saturated rings. The summed E-state index contributed by atoms with van der Waals surface area (Å²) in [7, 11) is -3.63. The molecule has 2 aromatic carbocycles. The molecule has 0 aromatic heterocycles. The third-order valence-electron chi connectivity index (χ3n) is 4.67. The van der Waals surface area contributed by atoms with Crippen LogP contribution < -0.4 is 4.72 Å². The predicted octanol–water partition coefficient (Wildman–Crippen LogP) is 2.29. The Bertz CT molecular complexity index is 906. The van der Waals surface area contributed by atoms with Gasteiger partial charge in [0, 0.05) is 18.8 Å². The fourth-order valence-electron chi connectivity index (χ4n) is 3.11. The molecule has 0 atom stereocenters. The number of sulfonamides is 1. The number of piperidine rings is 1. The van der Waals surface area contributed by atoms with Crippen molar-refractivity contribution in [3.05, 3.63) is 65.5 Å². The van der Waals surface area contributed by atoms with Crippen LogP contribution in [0.1, 0.15) is 24.0 Å². The molecular formula is C20H23FN2O4S. The van der Waals surface area contributed by atoms with Gasteiger partial charge in [0.1, 0.15) is 5.82 Å². The van der Waals surface area contributed by atoms with Gasteiger partial charge in [0.15, 0.2) is 0 Å². The van der Waals surface area contributed by atoms with Gasteiger partial charge >= 0.3 is 0 Å². The number of nitrogens with one attached hydrogen (secondary N) is 1. The first kappa shape index (κ1) is 20.3. The first-order valence-electron chi connectivity index (χ1n) is 9.10. The van der Waals surface area contributed by atoms with Crippen molar-refractivity contribution >= 4 is 21.6 Å². The third kappa shape index (κ3) is 5.77. The molecule has 8 heteroatoms. The van der Waals surface area contributed by atoms with Gasteiger partial charge in [-0.15, -0.1) is 0 Å². The minimum atomic E-state index is -3.63.